The summed E-state index contributed by atoms with van der Waals surface area (Å²) in [6.07, 6.45) is 2.80. The highest BCUT2D eigenvalue weighted by Gasteiger charge is 2.31. The molecule has 0 bridgehead atoms. The average Bonchev–Trinajstić information content (AvgIpc) is 3.04. The van der Waals surface area contributed by atoms with Crippen molar-refractivity contribution in [2.75, 3.05) is 18.6 Å². The van der Waals surface area contributed by atoms with Crippen molar-refractivity contribution >= 4 is 50.8 Å². The van der Waals surface area contributed by atoms with Gasteiger partial charge < -0.3 is 14.4 Å². The van der Waals surface area contributed by atoms with Gasteiger partial charge in [0.05, 0.1) is 17.3 Å². The van der Waals surface area contributed by atoms with Crippen LogP contribution in [0.5, 0.6) is 11.5 Å². The predicted molar refractivity (Wildman–Crippen MR) is 133 cm³/mol. The first-order valence-corrected chi connectivity index (χ1v) is 11.6. The summed E-state index contributed by atoms with van der Waals surface area (Å²) in [5.74, 6) is 1.20. The highest BCUT2D eigenvalue weighted by atomic mass is 79.9. The number of hydrogen-bond donors (Lipinski definition) is 0. The molecule has 6 heteroatoms. The zero-order valence-electron chi connectivity index (χ0n) is 17.9. The lowest BCUT2D eigenvalue weighted by Gasteiger charge is -2.15. The third-order valence-electron chi connectivity index (χ3n) is 5.24. The third kappa shape index (κ3) is 4.54. The van der Waals surface area contributed by atoms with Crippen molar-refractivity contribution in [2.24, 2.45) is 0 Å². The number of rotatable bonds is 7. The van der Waals surface area contributed by atoms with Gasteiger partial charge in [0.15, 0.2) is 11.5 Å². The number of nitrogens with zero attached hydrogens (tertiary/aromatic N) is 1. The molecule has 0 aliphatic carbocycles. The van der Waals surface area contributed by atoms with Gasteiger partial charge in [-0.25, -0.2) is 0 Å². The van der Waals surface area contributed by atoms with Crippen LogP contribution in [0.2, 0.25) is 5.02 Å². The van der Waals surface area contributed by atoms with Gasteiger partial charge in [-0.3, -0.25) is 4.79 Å². The minimum absolute atomic E-state index is 0.0180. The Morgan fingerprint density at radius 2 is 1.91 bits per heavy atom. The number of anilines is 1. The fourth-order valence-electron chi connectivity index (χ4n) is 3.80. The van der Waals surface area contributed by atoms with Gasteiger partial charge in [0.2, 0.25) is 0 Å². The number of benzene rings is 3. The van der Waals surface area contributed by atoms with E-state index in [2.05, 4.69) is 22.9 Å². The summed E-state index contributed by atoms with van der Waals surface area (Å²) in [5, 5.41) is 0.665. The summed E-state index contributed by atoms with van der Waals surface area (Å²) in [7, 11) is 1.60. The van der Waals surface area contributed by atoms with E-state index in [0.29, 0.717) is 35.2 Å². The second-order valence-electron chi connectivity index (χ2n) is 7.48. The van der Waals surface area contributed by atoms with Crippen LogP contribution in [0.4, 0.5) is 5.69 Å². The molecule has 3 aromatic rings. The number of carbonyl (C=O) groups excluding carboxylic acids is 1. The Hall–Kier alpha value is -2.76. The molecule has 0 N–H and O–H groups in total. The maximum Gasteiger partial charge on any atom is 0.258 e. The lowest BCUT2D eigenvalue weighted by Crippen LogP contribution is -2.26. The fourth-order valence-corrected chi connectivity index (χ4v) is 4.59. The molecule has 1 aliphatic rings. The van der Waals surface area contributed by atoms with Crippen LogP contribution in [0, 0.1) is 0 Å². The van der Waals surface area contributed by atoms with Crippen LogP contribution >= 0.6 is 27.5 Å². The zero-order chi connectivity index (χ0) is 22.7. The lowest BCUT2D eigenvalue weighted by molar-refractivity contribution is -0.113. The Balaban J connectivity index is 1.66. The summed E-state index contributed by atoms with van der Waals surface area (Å²) in [6.45, 7) is 3.12. The van der Waals surface area contributed by atoms with Crippen molar-refractivity contribution in [3.8, 4) is 11.5 Å². The Labute approximate surface area is 201 Å². The molecule has 0 fully saturated rings. The molecular weight excluding hydrogens is 490 g/mol. The molecule has 0 saturated heterocycles. The molecule has 4 rings (SSSR count). The van der Waals surface area contributed by atoms with E-state index in [1.165, 1.54) is 0 Å². The fraction of sp³-hybridized carbons (Fsp3) is 0.192. The third-order valence-corrected chi connectivity index (χ3v) is 6.07. The first-order chi connectivity index (χ1) is 15.5. The summed E-state index contributed by atoms with van der Waals surface area (Å²) in [5.41, 5.74) is 4.39. The first kappa shape index (κ1) is 22.4. The topological polar surface area (TPSA) is 38.8 Å². The van der Waals surface area contributed by atoms with Crippen LogP contribution in [0.3, 0.4) is 0 Å². The summed E-state index contributed by atoms with van der Waals surface area (Å²) >= 11 is 9.67. The zero-order valence-corrected chi connectivity index (χ0v) is 20.2. The van der Waals surface area contributed by atoms with Crippen molar-refractivity contribution < 1.29 is 14.3 Å². The van der Waals surface area contributed by atoms with Crippen molar-refractivity contribution in [2.45, 2.75) is 20.0 Å². The Bertz CT molecular complexity index is 1190. The van der Waals surface area contributed by atoms with E-state index in [1.807, 2.05) is 71.6 Å². The maximum atomic E-state index is 13.1. The van der Waals surface area contributed by atoms with Gasteiger partial charge >= 0.3 is 0 Å². The highest BCUT2D eigenvalue weighted by molar-refractivity contribution is 9.10. The number of ether oxygens (including phenoxy) is 2. The maximum absolute atomic E-state index is 13.1. The Morgan fingerprint density at radius 1 is 1.09 bits per heavy atom. The first-order valence-electron chi connectivity index (χ1n) is 10.4. The van der Waals surface area contributed by atoms with Crippen LogP contribution in [0.15, 0.2) is 65.1 Å². The van der Waals surface area contributed by atoms with E-state index in [9.17, 15) is 4.79 Å². The van der Waals surface area contributed by atoms with E-state index in [0.717, 1.165) is 33.3 Å². The molecule has 1 heterocycles. The molecule has 0 atom stereocenters. The molecule has 3 aromatic carbocycles. The average molecular weight is 513 g/mol. The number of amides is 1. The Kier molecular flexibility index (Phi) is 6.87. The number of methoxy groups -OCH3 is 1. The van der Waals surface area contributed by atoms with Gasteiger partial charge in [0, 0.05) is 22.7 Å². The largest absolute Gasteiger partial charge is 0.493 e. The molecule has 0 radical (unpaired) electrons. The molecule has 0 unspecified atom stereocenters. The van der Waals surface area contributed by atoms with Gasteiger partial charge in [-0.1, -0.05) is 48.9 Å². The van der Waals surface area contributed by atoms with Crippen LogP contribution in [0.25, 0.3) is 11.6 Å². The van der Waals surface area contributed by atoms with Gasteiger partial charge in [-0.05, 0) is 69.9 Å². The van der Waals surface area contributed by atoms with Crippen molar-refractivity contribution in [1.29, 1.82) is 0 Å². The van der Waals surface area contributed by atoms with Gasteiger partial charge in [-0.2, -0.15) is 0 Å². The standard InChI is InChI=1S/C26H23BrClNO3/c1-3-11-29-23-10-5-4-9-20(23)21(26(29)30)13-18-14-22(27)25(24(15-18)31-2)32-16-17-7-6-8-19(28)12-17/h4-10,12-15H,3,11,16H2,1-2H3/b21-13-. The SMILES string of the molecule is CCCN1C(=O)/C(=C\c2cc(Br)c(OCc3cccc(Cl)c3)c(OC)c2)c2ccccc21. The minimum Gasteiger partial charge on any atom is -0.493 e. The van der Waals surface area contributed by atoms with E-state index >= 15 is 0 Å². The van der Waals surface area contributed by atoms with Crippen LogP contribution in [0.1, 0.15) is 30.0 Å². The highest BCUT2D eigenvalue weighted by Crippen LogP contribution is 2.41. The quantitative estimate of drug-likeness (QED) is 0.320. The lowest BCUT2D eigenvalue weighted by atomic mass is 10.0. The molecule has 32 heavy (non-hydrogen) atoms. The Morgan fingerprint density at radius 3 is 2.66 bits per heavy atom. The van der Waals surface area contributed by atoms with Gasteiger partial charge in [-0.15, -0.1) is 0 Å². The molecule has 4 nitrogen and oxygen atoms in total. The van der Waals surface area contributed by atoms with Crippen LogP contribution < -0.4 is 14.4 Å². The molecule has 0 saturated carbocycles. The van der Waals surface area contributed by atoms with E-state index in [-0.39, 0.29) is 5.91 Å². The molecular formula is C26H23BrClNO3. The normalized spacial score (nSPS) is 14.1. The van der Waals surface area contributed by atoms with E-state index in [4.69, 9.17) is 21.1 Å². The van der Waals surface area contributed by atoms with Crippen LogP contribution in [-0.2, 0) is 11.4 Å². The van der Waals surface area contributed by atoms with Gasteiger partial charge in [0.25, 0.3) is 5.91 Å². The number of carbonyl (C=O) groups is 1. The number of fused-ring (bicyclic) bond motifs is 1. The summed E-state index contributed by atoms with van der Waals surface area (Å²) in [6, 6.07) is 19.3. The molecule has 164 valence electrons. The number of halogens is 2. The van der Waals surface area contributed by atoms with Gasteiger partial charge in [0.1, 0.15) is 6.61 Å². The molecule has 1 aliphatic heterocycles. The minimum atomic E-state index is 0.0180. The van der Waals surface area contributed by atoms with E-state index in [1.54, 1.807) is 7.11 Å². The van der Waals surface area contributed by atoms with Crippen molar-refractivity contribution in [1.82, 2.24) is 0 Å². The van der Waals surface area contributed by atoms with Crippen molar-refractivity contribution in [3.05, 3.63) is 86.8 Å². The summed E-state index contributed by atoms with van der Waals surface area (Å²) < 4.78 is 12.4. The second kappa shape index (κ2) is 9.80. The number of hydrogen-bond acceptors (Lipinski definition) is 3. The molecule has 0 spiro atoms. The predicted octanol–water partition coefficient (Wildman–Crippen LogP) is 6.99. The smallest absolute Gasteiger partial charge is 0.258 e. The second-order valence-corrected chi connectivity index (χ2v) is 8.78. The monoisotopic (exact) mass is 511 g/mol. The van der Waals surface area contributed by atoms with E-state index < -0.39 is 0 Å². The molecule has 0 aromatic heterocycles. The molecule has 1 amide bonds. The van der Waals surface area contributed by atoms with Crippen LogP contribution in [-0.4, -0.2) is 19.6 Å². The summed E-state index contributed by atoms with van der Waals surface area (Å²) in [4.78, 5) is 15.0. The number of para-hydroxylation sites is 1. The van der Waals surface area contributed by atoms with Crippen molar-refractivity contribution in [3.63, 3.8) is 0 Å².